The summed E-state index contributed by atoms with van der Waals surface area (Å²) >= 11 is 0. The van der Waals surface area contributed by atoms with Crippen molar-refractivity contribution in [3.63, 3.8) is 0 Å². The Hall–Kier alpha value is -1.38. The summed E-state index contributed by atoms with van der Waals surface area (Å²) in [6.45, 7) is 8.68. The zero-order chi connectivity index (χ0) is 20.8. The third-order valence-electron chi connectivity index (χ3n) is 5.49. The first kappa shape index (κ1) is 24.7. The van der Waals surface area contributed by atoms with Gasteiger partial charge in [-0.3, -0.25) is 0 Å². The second kappa shape index (κ2) is 14.6. The van der Waals surface area contributed by atoms with Crippen molar-refractivity contribution in [2.75, 3.05) is 6.61 Å². The Bertz CT molecular complexity index is 568. The van der Waals surface area contributed by atoms with Crippen LogP contribution in [0.25, 0.3) is 0 Å². The lowest BCUT2D eigenvalue weighted by atomic mass is 9.88. The lowest BCUT2D eigenvalue weighted by molar-refractivity contribution is 0.313. The second-order valence-electron chi connectivity index (χ2n) is 7.84. The summed E-state index contributed by atoms with van der Waals surface area (Å²) in [5.74, 6) is -0.191. The van der Waals surface area contributed by atoms with E-state index in [1.54, 1.807) is 19.1 Å². The summed E-state index contributed by atoms with van der Waals surface area (Å²) in [6.07, 6.45) is 15.8. The molecule has 0 fully saturated rings. The quantitative estimate of drug-likeness (QED) is 0.272. The van der Waals surface area contributed by atoms with Gasteiger partial charge in [0.2, 0.25) is 5.82 Å². The van der Waals surface area contributed by atoms with Gasteiger partial charge < -0.3 is 4.74 Å². The van der Waals surface area contributed by atoms with E-state index in [0.29, 0.717) is 30.4 Å². The van der Waals surface area contributed by atoms with Crippen LogP contribution in [0.5, 0.6) is 5.75 Å². The highest BCUT2D eigenvalue weighted by Crippen LogP contribution is 2.27. The van der Waals surface area contributed by atoms with E-state index in [-0.39, 0.29) is 5.75 Å². The van der Waals surface area contributed by atoms with Crippen LogP contribution in [0.3, 0.4) is 0 Å². The highest BCUT2D eigenvalue weighted by Gasteiger charge is 2.15. The molecule has 0 aliphatic heterocycles. The van der Waals surface area contributed by atoms with Gasteiger partial charge in [-0.1, -0.05) is 70.6 Å². The molecule has 0 N–H and O–H groups in total. The number of benzene rings is 1. The SMILES string of the molecule is CC=CC(CCC)CCCC(CCC)CCCc1ccc(OCC)c(F)c1F. The third-order valence-corrected chi connectivity index (χ3v) is 5.49. The van der Waals surface area contributed by atoms with Gasteiger partial charge in [-0.05, 0) is 63.0 Å². The smallest absolute Gasteiger partial charge is 0.200 e. The summed E-state index contributed by atoms with van der Waals surface area (Å²) in [5, 5.41) is 0. The van der Waals surface area contributed by atoms with Gasteiger partial charge in [0.1, 0.15) is 0 Å². The Labute approximate surface area is 171 Å². The minimum absolute atomic E-state index is 0.00960. The van der Waals surface area contributed by atoms with Gasteiger partial charge in [-0.2, -0.15) is 4.39 Å². The zero-order valence-corrected chi connectivity index (χ0v) is 18.4. The van der Waals surface area contributed by atoms with Crippen LogP contribution in [0.1, 0.15) is 91.0 Å². The molecule has 160 valence electrons. The predicted molar refractivity (Wildman–Crippen MR) is 116 cm³/mol. The second-order valence-corrected chi connectivity index (χ2v) is 7.84. The van der Waals surface area contributed by atoms with E-state index >= 15 is 0 Å². The van der Waals surface area contributed by atoms with Crippen molar-refractivity contribution in [2.45, 2.75) is 91.9 Å². The molecule has 1 aromatic rings. The van der Waals surface area contributed by atoms with Gasteiger partial charge in [0.05, 0.1) is 6.61 Å². The van der Waals surface area contributed by atoms with Crippen molar-refractivity contribution in [3.8, 4) is 5.75 Å². The van der Waals surface area contributed by atoms with Gasteiger partial charge in [-0.15, -0.1) is 0 Å². The fraction of sp³-hybridized carbons (Fsp3) is 0.680. The molecular formula is C25H40F2O. The van der Waals surface area contributed by atoms with E-state index in [1.165, 1.54) is 44.9 Å². The van der Waals surface area contributed by atoms with Gasteiger partial charge >= 0.3 is 0 Å². The Balaban J connectivity index is 2.49. The average Bonchev–Trinajstić information content (AvgIpc) is 2.67. The maximum atomic E-state index is 14.2. The highest BCUT2D eigenvalue weighted by molar-refractivity contribution is 5.31. The predicted octanol–water partition coefficient (Wildman–Crippen LogP) is 8.27. The van der Waals surface area contributed by atoms with Crippen LogP contribution in [-0.4, -0.2) is 6.61 Å². The van der Waals surface area contributed by atoms with E-state index < -0.39 is 11.6 Å². The summed E-state index contributed by atoms with van der Waals surface area (Å²) in [7, 11) is 0. The Morgan fingerprint density at radius 1 is 0.893 bits per heavy atom. The fourth-order valence-corrected chi connectivity index (χ4v) is 4.10. The molecular weight excluding hydrogens is 354 g/mol. The molecule has 28 heavy (non-hydrogen) atoms. The molecule has 1 aromatic carbocycles. The van der Waals surface area contributed by atoms with Crippen molar-refractivity contribution in [3.05, 3.63) is 41.5 Å². The minimum atomic E-state index is -0.851. The maximum absolute atomic E-state index is 14.2. The third kappa shape index (κ3) is 8.75. The summed E-state index contributed by atoms with van der Waals surface area (Å²) in [4.78, 5) is 0. The van der Waals surface area contributed by atoms with Gasteiger partial charge in [0.25, 0.3) is 0 Å². The molecule has 2 atom stereocenters. The number of allylic oxidation sites excluding steroid dienone is 2. The van der Waals surface area contributed by atoms with Crippen LogP contribution in [0.4, 0.5) is 8.78 Å². The molecule has 0 bridgehead atoms. The summed E-state index contributed by atoms with van der Waals surface area (Å²) in [6, 6.07) is 3.22. The molecule has 3 heteroatoms. The first-order valence-corrected chi connectivity index (χ1v) is 11.3. The standard InChI is InChI=1S/C25H40F2O/c1-5-11-20(12-6-2)14-9-15-21(13-7-3)16-10-17-22-18-19-23(28-8-4)25(27)24(22)26/h5,11,18-21H,6-10,12-17H2,1-4H3. The van der Waals surface area contributed by atoms with Gasteiger partial charge in [0.15, 0.2) is 11.6 Å². The molecule has 0 aromatic heterocycles. The molecule has 0 aliphatic rings. The molecule has 1 rings (SSSR count). The average molecular weight is 395 g/mol. The number of hydrogen-bond donors (Lipinski definition) is 0. The molecule has 2 unspecified atom stereocenters. The Kier molecular flexibility index (Phi) is 12.9. The lowest BCUT2D eigenvalue weighted by Gasteiger charge is -2.18. The molecule has 1 nitrogen and oxygen atoms in total. The first-order valence-electron chi connectivity index (χ1n) is 11.3. The van der Waals surface area contributed by atoms with Crippen LogP contribution in [0.15, 0.2) is 24.3 Å². The monoisotopic (exact) mass is 394 g/mol. The molecule has 0 radical (unpaired) electrons. The molecule has 0 heterocycles. The molecule has 0 amide bonds. The van der Waals surface area contributed by atoms with Crippen LogP contribution >= 0.6 is 0 Å². The Morgan fingerprint density at radius 2 is 1.61 bits per heavy atom. The van der Waals surface area contributed by atoms with Crippen LogP contribution < -0.4 is 4.74 Å². The van der Waals surface area contributed by atoms with Crippen LogP contribution in [0, 0.1) is 23.5 Å². The van der Waals surface area contributed by atoms with E-state index in [2.05, 4.69) is 32.9 Å². The van der Waals surface area contributed by atoms with E-state index in [0.717, 1.165) is 12.8 Å². The molecule has 0 saturated heterocycles. The van der Waals surface area contributed by atoms with Crippen LogP contribution in [0.2, 0.25) is 0 Å². The molecule has 0 aliphatic carbocycles. The number of aryl methyl sites for hydroxylation is 1. The van der Waals surface area contributed by atoms with Gasteiger partial charge in [-0.25, -0.2) is 4.39 Å². The van der Waals surface area contributed by atoms with E-state index in [9.17, 15) is 8.78 Å². The molecule has 0 spiro atoms. The fourth-order valence-electron chi connectivity index (χ4n) is 4.10. The number of halogens is 2. The van der Waals surface area contributed by atoms with Gasteiger partial charge in [0, 0.05) is 0 Å². The first-order chi connectivity index (χ1) is 13.6. The van der Waals surface area contributed by atoms with Crippen LogP contribution in [-0.2, 0) is 6.42 Å². The van der Waals surface area contributed by atoms with E-state index in [4.69, 9.17) is 4.74 Å². The normalized spacial score (nSPS) is 13.8. The van der Waals surface area contributed by atoms with Crippen molar-refractivity contribution in [1.29, 1.82) is 0 Å². The van der Waals surface area contributed by atoms with E-state index in [1.807, 2.05) is 0 Å². The summed E-state index contributed by atoms with van der Waals surface area (Å²) < 4.78 is 33.4. The Morgan fingerprint density at radius 3 is 2.25 bits per heavy atom. The number of hydrogen-bond acceptors (Lipinski definition) is 1. The largest absolute Gasteiger partial charge is 0.491 e. The van der Waals surface area contributed by atoms with Crippen molar-refractivity contribution >= 4 is 0 Å². The number of rotatable bonds is 15. The minimum Gasteiger partial charge on any atom is -0.491 e. The zero-order valence-electron chi connectivity index (χ0n) is 18.4. The lowest BCUT2D eigenvalue weighted by Crippen LogP contribution is -2.05. The summed E-state index contributed by atoms with van der Waals surface area (Å²) in [5.41, 5.74) is 0.465. The van der Waals surface area contributed by atoms with Crippen molar-refractivity contribution in [2.24, 2.45) is 11.8 Å². The van der Waals surface area contributed by atoms with Crippen molar-refractivity contribution < 1.29 is 13.5 Å². The number of ether oxygens (including phenoxy) is 1. The maximum Gasteiger partial charge on any atom is 0.200 e. The highest BCUT2D eigenvalue weighted by atomic mass is 19.2. The molecule has 0 saturated carbocycles. The topological polar surface area (TPSA) is 9.23 Å². The van der Waals surface area contributed by atoms with Crippen molar-refractivity contribution in [1.82, 2.24) is 0 Å².